The van der Waals surface area contributed by atoms with Crippen molar-refractivity contribution in [3.63, 3.8) is 0 Å². The molecule has 2 saturated heterocycles. The number of piperidine rings is 2. The standard InChI is InChI=1S/C27H28FN3O3.C27H30FN3O2.C6H16Si.C2HF3O2/c28-21-4-5-22-24(16-21)34-29-26(22)17-7-11-30(12-8-17)13-9-23(32)20-14-18-2-1-10-31-25(33)6-3-19(15-20)27(18)31;28-22-6-7-23-24(17-22)33-29-26(23)19-9-13-30(14-10-19)11-1-3-18-15-20-4-2-12-31-25(32)8-5-21(16-18)27(20)31;1-4-7(5-2)6-3;3-2(4,5)1(6)7/h4-5,14-17H,1-3,6-13H2;6-7,15-17,19H,1-5,8-14H2;7H,4-6H2,1-3H3;(H,6,7). The maximum Gasteiger partial charge on any atom is 0.490 e. The lowest BCUT2D eigenvalue weighted by atomic mass is 9.88. The van der Waals surface area contributed by atoms with Gasteiger partial charge in [0.2, 0.25) is 11.8 Å². The Hall–Kier alpha value is -6.31. The van der Waals surface area contributed by atoms with Gasteiger partial charge in [0.05, 0.1) is 22.8 Å². The van der Waals surface area contributed by atoms with E-state index >= 15 is 0 Å². The number of carboxylic acid groups (broad SMARTS) is 1. The largest absolute Gasteiger partial charge is 0.490 e. The van der Waals surface area contributed by atoms with Gasteiger partial charge in [0.1, 0.15) is 11.6 Å². The maximum absolute atomic E-state index is 13.4. The van der Waals surface area contributed by atoms with Crippen LogP contribution in [0.3, 0.4) is 0 Å². The minimum absolute atomic E-state index is 0.171. The van der Waals surface area contributed by atoms with Crippen LogP contribution in [-0.2, 0) is 46.5 Å². The van der Waals surface area contributed by atoms with Crippen molar-refractivity contribution in [2.75, 3.05) is 62.2 Å². The predicted octanol–water partition coefficient (Wildman–Crippen LogP) is 12.6. The molecular weight excluding hydrogens is 1060 g/mol. The molecule has 0 saturated carbocycles. The molecule has 6 aliphatic rings. The van der Waals surface area contributed by atoms with E-state index in [0.717, 1.165) is 174 Å². The summed E-state index contributed by atoms with van der Waals surface area (Å²) in [4.78, 5) is 55.4. The molecule has 2 aromatic heterocycles. The van der Waals surface area contributed by atoms with Crippen LogP contribution in [0.1, 0.15) is 146 Å². The van der Waals surface area contributed by atoms with Gasteiger partial charge in [-0.1, -0.05) is 61.3 Å². The first kappa shape index (κ1) is 59.3. The quantitative estimate of drug-likeness (QED) is 0.0668. The first-order chi connectivity index (χ1) is 39.0. The van der Waals surface area contributed by atoms with Gasteiger partial charge in [0.15, 0.2) is 16.9 Å². The number of halogens is 5. The number of aromatic nitrogens is 2. The number of amides is 2. The number of nitrogens with zero attached hydrogens (tertiary/aromatic N) is 6. The zero-order chi connectivity index (χ0) is 57.4. The maximum atomic E-state index is 13.4. The number of carboxylic acids is 1. The molecule has 19 heteroatoms. The van der Waals surface area contributed by atoms with Crippen LogP contribution >= 0.6 is 0 Å². The molecular formula is C62H75F5N6O7Si. The molecule has 2 fully saturated rings. The number of hydrogen-bond donors (Lipinski definition) is 1. The average Bonchev–Trinajstić information content (AvgIpc) is 4.27. The number of alkyl halides is 3. The van der Waals surface area contributed by atoms with Gasteiger partial charge < -0.3 is 33.8 Å². The van der Waals surface area contributed by atoms with E-state index in [1.54, 1.807) is 12.1 Å². The normalized spacial score (nSPS) is 17.7. The molecule has 0 spiro atoms. The van der Waals surface area contributed by atoms with E-state index in [1.807, 2.05) is 21.9 Å². The van der Waals surface area contributed by atoms with E-state index in [4.69, 9.17) is 18.9 Å². The lowest BCUT2D eigenvalue weighted by Gasteiger charge is -2.35. The second-order valence-corrected chi connectivity index (χ2v) is 26.7. The van der Waals surface area contributed by atoms with Crippen LogP contribution in [0.25, 0.3) is 21.9 Å². The lowest BCUT2D eigenvalue weighted by molar-refractivity contribution is -0.192. The van der Waals surface area contributed by atoms with E-state index in [1.165, 1.54) is 64.8 Å². The molecule has 6 aromatic rings. The van der Waals surface area contributed by atoms with E-state index < -0.39 is 12.1 Å². The first-order valence-corrected chi connectivity index (χ1v) is 31.7. The number of rotatable bonds is 13. The molecule has 0 atom stereocenters. The number of anilines is 2. The number of fused-ring (bicyclic) bond motifs is 2. The van der Waals surface area contributed by atoms with Gasteiger partial charge in [-0.2, -0.15) is 13.2 Å². The minimum atomic E-state index is -5.08. The van der Waals surface area contributed by atoms with Crippen molar-refractivity contribution in [2.24, 2.45) is 0 Å². The summed E-state index contributed by atoms with van der Waals surface area (Å²) in [6, 6.07) is 22.5. The van der Waals surface area contributed by atoms with Crippen molar-refractivity contribution in [1.29, 1.82) is 0 Å². The summed E-state index contributed by atoms with van der Waals surface area (Å²) in [6.07, 6.45) is 8.54. The third kappa shape index (κ3) is 14.3. The van der Waals surface area contributed by atoms with Crippen molar-refractivity contribution in [3.05, 3.63) is 117 Å². The summed E-state index contributed by atoms with van der Waals surface area (Å²) >= 11 is 0. The lowest BCUT2D eigenvalue weighted by Crippen LogP contribution is -2.39. The number of carbonyl (C=O) groups is 4. The van der Waals surface area contributed by atoms with Crippen molar-refractivity contribution in [1.82, 2.24) is 20.1 Å². The SMILES string of the molecule is CC[SiH](CC)CC.O=C(CCN1CCC(c2noc3cc(F)ccc23)CC1)c1cc2c3c(c1)CCC(=O)N3CCC2.O=C(O)C(F)(F)F.O=C1CCc2cc(CCCN3CCC(c4noc5cc(F)ccc45)CC3)cc3c2N1CCC3. The number of aliphatic carboxylic acids is 1. The van der Waals surface area contributed by atoms with E-state index in [2.05, 4.69) is 53.0 Å². The van der Waals surface area contributed by atoms with Crippen LogP contribution in [-0.4, -0.2) is 116 Å². The van der Waals surface area contributed by atoms with Crippen LogP contribution in [0.2, 0.25) is 18.1 Å². The fraction of sp³-hybridized carbons (Fsp3) is 0.516. The molecule has 4 aromatic carbocycles. The molecule has 0 bridgehead atoms. The molecule has 81 heavy (non-hydrogen) atoms. The number of Topliss-reactive ketones (excluding diaryl/α,β-unsaturated/α-hetero) is 1. The highest BCUT2D eigenvalue weighted by atomic mass is 28.3. The van der Waals surface area contributed by atoms with Gasteiger partial charge >= 0.3 is 12.1 Å². The summed E-state index contributed by atoms with van der Waals surface area (Å²) in [6.45, 7) is 14.4. The average molecular weight is 1140 g/mol. The fourth-order valence-corrected chi connectivity index (χ4v) is 14.5. The van der Waals surface area contributed by atoms with Crippen LogP contribution in [0.5, 0.6) is 0 Å². The fourth-order valence-electron chi connectivity index (χ4n) is 12.8. The van der Waals surface area contributed by atoms with Crippen LogP contribution in [0, 0.1) is 11.6 Å². The Labute approximate surface area is 471 Å². The molecule has 0 aliphatic carbocycles. The molecule has 12 rings (SSSR count). The third-order valence-corrected chi connectivity index (χ3v) is 20.8. The Morgan fingerprint density at radius 3 is 1.49 bits per heavy atom. The van der Waals surface area contributed by atoms with E-state index in [-0.39, 0.29) is 38.0 Å². The second kappa shape index (κ2) is 26.7. The summed E-state index contributed by atoms with van der Waals surface area (Å²) in [7, 11) is -0.171. The van der Waals surface area contributed by atoms with Crippen molar-refractivity contribution in [3.8, 4) is 0 Å². The number of likely N-dealkylation sites (tertiary alicyclic amines) is 2. The predicted molar refractivity (Wildman–Crippen MR) is 305 cm³/mol. The van der Waals surface area contributed by atoms with Gasteiger partial charge in [-0.05, 0) is 174 Å². The summed E-state index contributed by atoms with van der Waals surface area (Å²) in [5, 5.41) is 17.5. The van der Waals surface area contributed by atoms with Crippen LogP contribution in [0.4, 0.5) is 33.3 Å². The highest BCUT2D eigenvalue weighted by Crippen LogP contribution is 2.40. The molecule has 2 amide bonds. The highest BCUT2D eigenvalue weighted by molar-refractivity contribution is 6.58. The second-order valence-electron chi connectivity index (χ2n) is 22.5. The van der Waals surface area contributed by atoms with Crippen molar-refractivity contribution in [2.45, 2.75) is 153 Å². The Morgan fingerprint density at radius 2 is 1.05 bits per heavy atom. The highest BCUT2D eigenvalue weighted by Gasteiger charge is 2.38. The number of hydrogen-bond acceptors (Lipinski definition) is 10. The molecule has 0 radical (unpaired) electrons. The Morgan fingerprint density at radius 1 is 0.617 bits per heavy atom. The number of aryl methyl sites for hydroxylation is 5. The van der Waals surface area contributed by atoms with Gasteiger partial charge in [0.25, 0.3) is 0 Å². The van der Waals surface area contributed by atoms with E-state index in [0.29, 0.717) is 42.3 Å². The first-order valence-electron chi connectivity index (χ1n) is 29.3. The third-order valence-electron chi connectivity index (χ3n) is 17.4. The molecule has 434 valence electrons. The summed E-state index contributed by atoms with van der Waals surface area (Å²) in [5.41, 5.74) is 12.5. The number of benzene rings is 4. The number of ketones is 1. The Bertz CT molecular complexity index is 3160. The molecule has 6 aliphatic heterocycles. The number of carbonyl (C=O) groups excluding carboxylic acids is 3. The summed E-state index contributed by atoms with van der Waals surface area (Å²) in [5.74, 6) is -2.00. The molecule has 8 heterocycles. The molecule has 0 unspecified atom stereocenters. The van der Waals surface area contributed by atoms with Gasteiger partial charge in [-0.3, -0.25) is 14.4 Å². The zero-order valence-electron chi connectivity index (χ0n) is 46.9. The molecule has 13 nitrogen and oxygen atoms in total. The molecule has 1 N–H and O–H groups in total. The summed E-state index contributed by atoms with van der Waals surface area (Å²) < 4.78 is 69.3. The van der Waals surface area contributed by atoms with Gasteiger partial charge in [0, 0.05) is 88.0 Å². The Kier molecular flexibility index (Phi) is 19.6. The smallest absolute Gasteiger partial charge is 0.475 e. The minimum Gasteiger partial charge on any atom is -0.475 e. The van der Waals surface area contributed by atoms with Gasteiger partial charge in [-0.15, -0.1) is 0 Å². The van der Waals surface area contributed by atoms with Crippen LogP contribution < -0.4 is 9.80 Å². The monoisotopic (exact) mass is 1140 g/mol. The van der Waals surface area contributed by atoms with Crippen molar-refractivity contribution >= 4 is 65.7 Å². The van der Waals surface area contributed by atoms with E-state index in [9.17, 15) is 36.3 Å². The van der Waals surface area contributed by atoms with Gasteiger partial charge in [-0.25, -0.2) is 13.6 Å². The zero-order valence-corrected chi connectivity index (χ0v) is 48.0. The van der Waals surface area contributed by atoms with Crippen LogP contribution in [0.15, 0.2) is 69.7 Å². The van der Waals surface area contributed by atoms with Crippen molar-refractivity contribution < 1.29 is 55.3 Å². The Balaban J connectivity index is 0.000000159. The topological polar surface area (TPSA) is 154 Å².